The average molecular weight is 286 g/mol. The Labute approximate surface area is 104 Å². The van der Waals surface area contributed by atoms with Crippen LogP contribution in [0.2, 0.25) is 0 Å². The highest BCUT2D eigenvalue weighted by atomic mass is 79.9. The van der Waals surface area contributed by atoms with E-state index in [2.05, 4.69) is 32.7 Å². The van der Waals surface area contributed by atoms with Gasteiger partial charge in [-0.15, -0.1) is 0 Å². The topological polar surface area (TPSA) is 51.4 Å². The summed E-state index contributed by atoms with van der Waals surface area (Å²) in [6.07, 6.45) is 1.72. The lowest BCUT2D eigenvalue weighted by molar-refractivity contribution is 0.0984. The Morgan fingerprint density at radius 2 is 2.38 bits per heavy atom. The fourth-order valence-electron chi connectivity index (χ4n) is 1.82. The zero-order valence-corrected chi connectivity index (χ0v) is 11.1. The second kappa shape index (κ2) is 4.59. The molecule has 0 aromatic carbocycles. The van der Waals surface area contributed by atoms with Gasteiger partial charge in [-0.1, -0.05) is 0 Å². The molecular weight excluding hydrogens is 270 g/mol. The molecule has 0 saturated carbocycles. The summed E-state index contributed by atoms with van der Waals surface area (Å²) < 4.78 is 6.41. The molecule has 4 nitrogen and oxygen atoms in total. The molecule has 0 bridgehead atoms. The van der Waals surface area contributed by atoms with Crippen molar-refractivity contribution in [1.82, 2.24) is 4.98 Å². The summed E-state index contributed by atoms with van der Waals surface area (Å²) >= 11 is 3.57. The number of ether oxygens (including phenoxy) is 1. The molecular formula is C11H16BrN3O. The van der Waals surface area contributed by atoms with Crippen molar-refractivity contribution in [2.75, 3.05) is 30.4 Å². The minimum atomic E-state index is 0.348. The Hall–Kier alpha value is -0.810. The summed E-state index contributed by atoms with van der Waals surface area (Å²) in [6.45, 7) is 6.50. The fraction of sp³-hybridized carbons (Fsp3) is 0.545. The van der Waals surface area contributed by atoms with Crippen molar-refractivity contribution in [2.45, 2.75) is 19.9 Å². The highest BCUT2D eigenvalue weighted by molar-refractivity contribution is 9.10. The van der Waals surface area contributed by atoms with Gasteiger partial charge in [0.25, 0.3) is 0 Å². The minimum Gasteiger partial charge on any atom is -0.397 e. The molecule has 1 fully saturated rings. The largest absolute Gasteiger partial charge is 0.397 e. The molecule has 1 aromatic heterocycles. The van der Waals surface area contributed by atoms with Crippen molar-refractivity contribution < 1.29 is 4.74 Å². The van der Waals surface area contributed by atoms with Gasteiger partial charge in [-0.2, -0.15) is 0 Å². The molecule has 1 aromatic rings. The van der Waals surface area contributed by atoms with Crippen LogP contribution in [0.15, 0.2) is 10.7 Å². The number of rotatable bonds is 1. The molecule has 2 N–H and O–H groups in total. The maximum absolute atomic E-state index is 5.82. The predicted octanol–water partition coefficient (Wildman–Crippen LogP) is 1.96. The molecule has 0 aliphatic carbocycles. The first kappa shape index (κ1) is 11.7. The molecule has 1 aliphatic heterocycles. The van der Waals surface area contributed by atoms with Crippen molar-refractivity contribution in [1.29, 1.82) is 0 Å². The zero-order chi connectivity index (χ0) is 11.7. The third-order valence-electron chi connectivity index (χ3n) is 2.92. The van der Waals surface area contributed by atoms with Gasteiger partial charge in [0.05, 0.1) is 35.6 Å². The Morgan fingerprint density at radius 1 is 1.62 bits per heavy atom. The van der Waals surface area contributed by atoms with Gasteiger partial charge in [-0.3, -0.25) is 0 Å². The van der Waals surface area contributed by atoms with E-state index in [0.29, 0.717) is 6.04 Å². The van der Waals surface area contributed by atoms with E-state index in [0.717, 1.165) is 41.3 Å². The smallest absolute Gasteiger partial charge is 0.143 e. The van der Waals surface area contributed by atoms with E-state index in [4.69, 9.17) is 10.5 Å². The fourth-order valence-corrected chi connectivity index (χ4v) is 2.38. The predicted molar refractivity (Wildman–Crippen MR) is 68.7 cm³/mol. The summed E-state index contributed by atoms with van der Waals surface area (Å²) in [5.74, 6) is 0.961. The number of halogens is 1. The number of anilines is 2. The van der Waals surface area contributed by atoms with Crippen LogP contribution in [-0.2, 0) is 4.74 Å². The average Bonchev–Trinajstić information content (AvgIpc) is 2.28. The third-order valence-corrected chi connectivity index (χ3v) is 3.87. The van der Waals surface area contributed by atoms with Gasteiger partial charge < -0.3 is 15.4 Å². The molecule has 88 valence electrons. The van der Waals surface area contributed by atoms with E-state index in [-0.39, 0.29) is 0 Å². The normalized spacial score (nSPS) is 21.2. The number of aromatic nitrogens is 1. The molecule has 1 aliphatic rings. The first-order valence-corrected chi connectivity index (χ1v) is 6.15. The van der Waals surface area contributed by atoms with Crippen LogP contribution in [0.3, 0.4) is 0 Å². The van der Waals surface area contributed by atoms with Gasteiger partial charge in [0.2, 0.25) is 0 Å². The lowest BCUT2D eigenvalue weighted by Gasteiger charge is -2.35. The van der Waals surface area contributed by atoms with Gasteiger partial charge in [-0.25, -0.2) is 4.98 Å². The van der Waals surface area contributed by atoms with E-state index in [1.54, 1.807) is 6.20 Å². The maximum atomic E-state index is 5.82. The van der Waals surface area contributed by atoms with Crippen LogP contribution in [0.1, 0.15) is 12.5 Å². The number of nitrogen functional groups attached to an aromatic ring is 1. The molecule has 0 spiro atoms. The number of hydrogen-bond donors (Lipinski definition) is 1. The maximum Gasteiger partial charge on any atom is 0.143 e. The molecule has 1 atom stereocenters. The summed E-state index contributed by atoms with van der Waals surface area (Å²) in [6, 6.07) is 0.348. The van der Waals surface area contributed by atoms with Crippen LogP contribution < -0.4 is 10.6 Å². The monoisotopic (exact) mass is 285 g/mol. The van der Waals surface area contributed by atoms with Crippen LogP contribution in [0.4, 0.5) is 11.5 Å². The number of nitrogens with zero attached hydrogens (tertiary/aromatic N) is 2. The second-order valence-electron chi connectivity index (χ2n) is 4.09. The number of morpholine rings is 1. The summed E-state index contributed by atoms with van der Waals surface area (Å²) in [4.78, 5) is 6.66. The first-order chi connectivity index (χ1) is 7.61. The Morgan fingerprint density at radius 3 is 3.06 bits per heavy atom. The summed E-state index contributed by atoms with van der Waals surface area (Å²) in [7, 11) is 0. The Bertz CT molecular complexity index is 397. The lowest BCUT2D eigenvalue weighted by atomic mass is 10.2. The molecule has 1 saturated heterocycles. The SMILES string of the molecule is Cc1c(N)cnc(N2CCOCC2C)c1Br. The van der Waals surface area contributed by atoms with E-state index in [1.807, 2.05) is 6.92 Å². The van der Waals surface area contributed by atoms with E-state index in [9.17, 15) is 0 Å². The Balaban J connectivity index is 2.36. The van der Waals surface area contributed by atoms with Crippen molar-refractivity contribution >= 4 is 27.4 Å². The van der Waals surface area contributed by atoms with Gasteiger partial charge in [0.1, 0.15) is 5.82 Å². The van der Waals surface area contributed by atoms with Crippen LogP contribution >= 0.6 is 15.9 Å². The van der Waals surface area contributed by atoms with Crippen molar-refractivity contribution in [3.8, 4) is 0 Å². The molecule has 0 radical (unpaired) electrons. The Kier molecular flexibility index (Phi) is 3.35. The van der Waals surface area contributed by atoms with Crippen molar-refractivity contribution in [3.05, 3.63) is 16.2 Å². The molecule has 16 heavy (non-hydrogen) atoms. The second-order valence-corrected chi connectivity index (χ2v) is 4.89. The standard InChI is InChI=1S/C11H16BrN3O/c1-7-6-16-4-3-15(7)11-10(12)8(2)9(13)5-14-11/h5,7H,3-4,6,13H2,1-2H3. The molecule has 0 amide bonds. The van der Waals surface area contributed by atoms with Crippen LogP contribution in [-0.4, -0.2) is 30.8 Å². The number of pyridine rings is 1. The van der Waals surface area contributed by atoms with Crippen molar-refractivity contribution in [3.63, 3.8) is 0 Å². The minimum absolute atomic E-state index is 0.348. The van der Waals surface area contributed by atoms with Crippen LogP contribution in [0, 0.1) is 6.92 Å². The van der Waals surface area contributed by atoms with Gasteiger partial charge >= 0.3 is 0 Å². The lowest BCUT2D eigenvalue weighted by Crippen LogP contribution is -2.44. The number of nitrogens with two attached hydrogens (primary N) is 1. The number of hydrogen-bond acceptors (Lipinski definition) is 4. The molecule has 2 rings (SSSR count). The first-order valence-electron chi connectivity index (χ1n) is 5.36. The van der Waals surface area contributed by atoms with Gasteiger partial charge in [0.15, 0.2) is 0 Å². The highest BCUT2D eigenvalue weighted by Gasteiger charge is 2.23. The van der Waals surface area contributed by atoms with E-state index >= 15 is 0 Å². The van der Waals surface area contributed by atoms with Gasteiger partial charge in [0, 0.05) is 6.54 Å². The summed E-state index contributed by atoms with van der Waals surface area (Å²) in [5.41, 5.74) is 7.58. The molecule has 2 heterocycles. The quantitative estimate of drug-likeness (QED) is 0.857. The summed E-state index contributed by atoms with van der Waals surface area (Å²) in [5, 5.41) is 0. The molecule has 5 heteroatoms. The molecule has 1 unspecified atom stereocenters. The van der Waals surface area contributed by atoms with Crippen molar-refractivity contribution in [2.24, 2.45) is 0 Å². The van der Waals surface area contributed by atoms with Crippen LogP contribution in [0.5, 0.6) is 0 Å². The highest BCUT2D eigenvalue weighted by Crippen LogP contribution is 2.31. The van der Waals surface area contributed by atoms with Crippen LogP contribution in [0.25, 0.3) is 0 Å². The van der Waals surface area contributed by atoms with E-state index in [1.165, 1.54) is 0 Å². The zero-order valence-electron chi connectivity index (χ0n) is 9.53. The van der Waals surface area contributed by atoms with Gasteiger partial charge in [-0.05, 0) is 35.3 Å². The third kappa shape index (κ3) is 2.01. The van der Waals surface area contributed by atoms with E-state index < -0.39 is 0 Å².